The zero-order valence-corrected chi connectivity index (χ0v) is 12.2. The number of amides is 1. The van der Waals surface area contributed by atoms with E-state index in [2.05, 4.69) is 21.2 Å². The number of hydrogen-bond donors (Lipinski definition) is 2. The Morgan fingerprint density at radius 1 is 1.53 bits per heavy atom. The molecule has 0 saturated carbocycles. The number of nitrogens with two attached hydrogens (primary N) is 1. The van der Waals surface area contributed by atoms with Crippen LogP contribution in [0.15, 0.2) is 22.7 Å². The molecule has 0 unspecified atom stereocenters. The molecule has 0 aliphatic heterocycles. The van der Waals surface area contributed by atoms with Crippen molar-refractivity contribution < 1.29 is 4.79 Å². The summed E-state index contributed by atoms with van der Waals surface area (Å²) in [5.74, 6) is 1.30. The number of thioether (sulfide) groups is 1. The average Bonchev–Trinajstić information content (AvgIpc) is 2.30. The minimum absolute atomic E-state index is 0.0856. The summed E-state index contributed by atoms with van der Waals surface area (Å²) >= 11 is 5.03. The molecular formula is C12H17BrN2OS. The zero-order valence-electron chi connectivity index (χ0n) is 9.83. The van der Waals surface area contributed by atoms with E-state index in [1.54, 1.807) is 11.8 Å². The highest BCUT2D eigenvalue weighted by Gasteiger charge is 2.06. The number of anilines is 1. The summed E-state index contributed by atoms with van der Waals surface area (Å²) < 4.78 is 0.999. The molecule has 1 rings (SSSR count). The molecule has 3 nitrogen and oxygen atoms in total. The maximum absolute atomic E-state index is 11.4. The van der Waals surface area contributed by atoms with Crippen molar-refractivity contribution in [2.75, 3.05) is 18.0 Å². The monoisotopic (exact) mass is 316 g/mol. The maximum atomic E-state index is 11.4. The Bertz CT molecular complexity index is 365. The van der Waals surface area contributed by atoms with Crippen molar-refractivity contribution in [2.24, 2.45) is 0 Å². The number of carbonyl (C=O) groups is 1. The predicted octanol–water partition coefficient (Wildman–Crippen LogP) is 2.79. The molecule has 1 aromatic rings. The van der Waals surface area contributed by atoms with Gasteiger partial charge in [-0.3, -0.25) is 4.79 Å². The molecule has 0 bridgehead atoms. The molecular weight excluding hydrogens is 300 g/mol. The first kappa shape index (κ1) is 14.4. The van der Waals surface area contributed by atoms with E-state index in [0.717, 1.165) is 34.4 Å². The van der Waals surface area contributed by atoms with Crippen LogP contribution in [0.4, 0.5) is 5.69 Å². The van der Waals surface area contributed by atoms with Crippen LogP contribution in [0.3, 0.4) is 0 Å². The van der Waals surface area contributed by atoms with Crippen molar-refractivity contribution in [3.05, 3.63) is 28.2 Å². The van der Waals surface area contributed by atoms with E-state index in [-0.39, 0.29) is 5.91 Å². The minimum Gasteiger partial charge on any atom is -0.398 e. The number of benzene rings is 1. The SMILES string of the molecule is CCCNC(=O)CSCc1c(N)cccc1Br. The summed E-state index contributed by atoms with van der Waals surface area (Å²) in [6.07, 6.45) is 0.966. The fourth-order valence-electron chi connectivity index (χ4n) is 1.29. The third kappa shape index (κ3) is 5.00. The second-order valence-corrected chi connectivity index (χ2v) is 5.49. The topological polar surface area (TPSA) is 55.1 Å². The van der Waals surface area contributed by atoms with Crippen molar-refractivity contribution in [1.82, 2.24) is 5.32 Å². The third-order valence-electron chi connectivity index (χ3n) is 2.21. The first-order valence-electron chi connectivity index (χ1n) is 5.52. The lowest BCUT2D eigenvalue weighted by atomic mass is 10.2. The molecule has 0 atom stereocenters. The van der Waals surface area contributed by atoms with Crippen molar-refractivity contribution >= 4 is 39.3 Å². The summed E-state index contributed by atoms with van der Waals surface area (Å²) in [5, 5.41) is 2.85. The summed E-state index contributed by atoms with van der Waals surface area (Å²) in [6, 6.07) is 5.74. The van der Waals surface area contributed by atoms with Crippen LogP contribution < -0.4 is 11.1 Å². The first-order valence-corrected chi connectivity index (χ1v) is 7.47. The van der Waals surface area contributed by atoms with Gasteiger partial charge in [-0.15, -0.1) is 11.8 Å². The van der Waals surface area contributed by atoms with Crippen LogP contribution in [0.5, 0.6) is 0 Å². The van der Waals surface area contributed by atoms with Crippen molar-refractivity contribution in [2.45, 2.75) is 19.1 Å². The zero-order chi connectivity index (χ0) is 12.7. The molecule has 94 valence electrons. The lowest BCUT2D eigenvalue weighted by Crippen LogP contribution is -2.25. The van der Waals surface area contributed by atoms with E-state index in [0.29, 0.717) is 5.75 Å². The Labute approximate surface area is 115 Å². The van der Waals surface area contributed by atoms with Gasteiger partial charge in [0.15, 0.2) is 0 Å². The van der Waals surface area contributed by atoms with Crippen LogP contribution in [-0.2, 0) is 10.5 Å². The third-order valence-corrected chi connectivity index (χ3v) is 3.91. The second kappa shape index (κ2) is 7.61. The lowest BCUT2D eigenvalue weighted by molar-refractivity contribution is -0.118. The van der Waals surface area contributed by atoms with Gasteiger partial charge in [0, 0.05) is 22.5 Å². The Balaban J connectivity index is 2.38. The second-order valence-electron chi connectivity index (χ2n) is 3.65. The van der Waals surface area contributed by atoms with Gasteiger partial charge in [0.1, 0.15) is 0 Å². The van der Waals surface area contributed by atoms with E-state index in [1.807, 2.05) is 25.1 Å². The van der Waals surface area contributed by atoms with Crippen LogP contribution >= 0.6 is 27.7 Å². The molecule has 0 spiro atoms. The van der Waals surface area contributed by atoms with Gasteiger partial charge in [0.25, 0.3) is 0 Å². The molecule has 0 heterocycles. The van der Waals surface area contributed by atoms with Gasteiger partial charge in [-0.2, -0.15) is 0 Å². The van der Waals surface area contributed by atoms with E-state index in [1.165, 1.54) is 0 Å². The molecule has 0 fully saturated rings. The van der Waals surface area contributed by atoms with Crippen molar-refractivity contribution in [3.63, 3.8) is 0 Å². The highest BCUT2D eigenvalue weighted by molar-refractivity contribution is 9.10. The largest absolute Gasteiger partial charge is 0.398 e. The van der Waals surface area contributed by atoms with Crippen molar-refractivity contribution in [3.8, 4) is 0 Å². The number of rotatable bonds is 6. The van der Waals surface area contributed by atoms with Crippen LogP contribution in [-0.4, -0.2) is 18.2 Å². The minimum atomic E-state index is 0.0856. The van der Waals surface area contributed by atoms with Crippen LogP contribution in [0.2, 0.25) is 0 Å². The van der Waals surface area contributed by atoms with Gasteiger partial charge in [0.05, 0.1) is 5.75 Å². The summed E-state index contributed by atoms with van der Waals surface area (Å²) in [5.41, 5.74) is 7.70. The maximum Gasteiger partial charge on any atom is 0.230 e. The Hall–Kier alpha value is -0.680. The van der Waals surface area contributed by atoms with Gasteiger partial charge in [-0.05, 0) is 24.1 Å². The summed E-state index contributed by atoms with van der Waals surface area (Å²) in [6.45, 7) is 2.78. The van der Waals surface area contributed by atoms with Crippen molar-refractivity contribution in [1.29, 1.82) is 0 Å². The Morgan fingerprint density at radius 2 is 2.29 bits per heavy atom. The molecule has 1 aromatic carbocycles. The fraction of sp³-hybridized carbons (Fsp3) is 0.417. The quantitative estimate of drug-likeness (QED) is 0.793. The van der Waals surface area contributed by atoms with E-state index < -0.39 is 0 Å². The molecule has 0 aliphatic carbocycles. The molecule has 0 saturated heterocycles. The van der Waals surface area contributed by atoms with Gasteiger partial charge >= 0.3 is 0 Å². The Morgan fingerprint density at radius 3 is 2.94 bits per heavy atom. The number of hydrogen-bond acceptors (Lipinski definition) is 3. The number of halogens is 1. The van der Waals surface area contributed by atoms with Gasteiger partial charge < -0.3 is 11.1 Å². The fourth-order valence-corrected chi connectivity index (χ4v) is 2.91. The van der Waals surface area contributed by atoms with E-state index >= 15 is 0 Å². The number of carbonyl (C=O) groups excluding carboxylic acids is 1. The van der Waals surface area contributed by atoms with E-state index in [9.17, 15) is 4.79 Å². The summed E-state index contributed by atoms with van der Waals surface area (Å²) in [4.78, 5) is 11.4. The molecule has 5 heteroatoms. The molecule has 17 heavy (non-hydrogen) atoms. The van der Waals surface area contributed by atoms with Gasteiger partial charge in [-0.1, -0.05) is 28.9 Å². The number of nitrogens with one attached hydrogen (secondary N) is 1. The molecule has 0 aromatic heterocycles. The first-order chi connectivity index (χ1) is 8.15. The highest BCUT2D eigenvalue weighted by Crippen LogP contribution is 2.26. The molecule has 3 N–H and O–H groups in total. The van der Waals surface area contributed by atoms with Gasteiger partial charge in [-0.25, -0.2) is 0 Å². The normalized spacial score (nSPS) is 10.2. The molecule has 0 aliphatic rings. The summed E-state index contributed by atoms with van der Waals surface area (Å²) in [7, 11) is 0. The van der Waals surface area contributed by atoms with E-state index in [4.69, 9.17) is 5.73 Å². The standard InChI is InChI=1S/C12H17BrN2OS/c1-2-6-15-12(16)8-17-7-9-10(13)4-3-5-11(9)14/h3-5H,2,6-8,14H2,1H3,(H,15,16). The number of nitrogen functional groups attached to an aromatic ring is 1. The predicted molar refractivity (Wildman–Crippen MR) is 78.0 cm³/mol. The van der Waals surface area contributed by atoms with Crippen LogP contribution in [0, 0.1) is 0 Å². The lowest BCUT2D eigenvalue weighted by Gasteiger charge is -2.08. The smallest absolute Gasteiger partial charge is 0.230 e. The van der Waals surface area contributed by atoms with Crippen LogP contribution in [0.1, 0.15) is 18.9 Å². The average molecular weight is 317 g/mol. The van der Waals surface area contributed by atoms with Gasteiger partial charge in [0.2, 0.25) is 5.91 Å². The van der Waals surface area contributed by atoms with Crippen LogP contribution in [0.25, 0.3) is 0 Å². The highest BCUT2D eigenvalue weighted by atomic mass is 79.9. The molecule has 0 radical (unpaired) electrons. The Kier molecular flexibility index (Phi) is 6.44. The molecule has 1 amide bonds.